The van der Waals surface area contributed by atoms with E-state index in [-0.39, 0.29) is 11.3 Å². The van der Waals surface area contributed by atoms with Gasteiger partial charge in [0.25, 0.3) is 0 Å². The van der Waals surface area contributed by atoms with Crippen molar-refractivity contribution in [3.05, 3.63) is 71.3 Å². The maximum atomic E-state index is 12.1. The zero-order chi connectivity index (χ0) is 18.3. The normalized spacial score (nSPS) is 11.2. The maximum absolute atomic E-state index is 12.1. The van der Waals surface area contributed by atoms with Gasteiger partial charge in [-0.3, -0.25) is 4.79 Å². The fourth-order valence-electron chi connectivity index (χ4n) is 3.15. The summed E-state index contributed by atoms with van der Waals surface area (Å²) >= 11 is 0. The zero-order valence-corrected chi connectivity index (χ0v) is 15.4. The van der Waals surface area contributed by atoms with E-state index in [1.165, 1.54) is 5.56 Å². The van der Waals surface area contributed by atoms with Crippen molar-refractivity contribution in [3.8, 4) is 0 Å². The minimum absolute atomic E-state index is 0.0383. The van der Waals surface area contributed by atoms with Crippen LogP contribution < -0.4 is 5.32 Å². The second kappa shape index (κ2) is 8.61. The van der Waals surface area contributed by atoms with Crippen LogP contribution in [0.5, 0.6) is 0 Å². The van der Waals surface area contributed by atoms with Gasteiger partial charge in [0, 0.05) is 12.3 Å². The van der Waals surface area contributed by atoms with Gasteiger partial charge in [-0.1, -0.05) is 68.4 Å². The Balaban J connectivity index is 1.85. The van der Waals surface area contributed by atoms with Crippen molar-refractivity contribution in [2.45, 2.75) is 46.6 Å². The van der Waals surface area contributed by atoms with E-state index in [2.05, 4.69) is 31.3 Å². The third-order valence-electron chi connectivity index (χ3n) is 4.15. The van der Waals surface area contributed by atoms with E-state index in [9.17, 15) is 4.79 Å². The number of hydrogen-bond acceptors (Lipinski definition) is 2. The topological polar surface area (TPSA) is 53.0 Å². The molecule has 1 amide bonds. The summed E-state index contributed by atoms with van der Waals surface area (Å²) in [5, 5.41) is 10.6. The molecule has 0 spiro atoms. The van der Waals surface area contributed by atoms with E-state index >= 15 is 0 Å². The molecule has 0 saturated heterocycles. The quantitative estimate of drug-likeness (QED) is 0.683. The van der Waals surface area contributed by atoms with E-state index in [1.807, 2.05) is 49.4 Å². The first-order valence-corrected chi connectivity index (χ1v) is 8.76. The van der Waals surface area contributed by atoms with Crippen molar-refractivity contribution in [3.63, 3.8) is 0 Å². The van der Waals surface area contributed by atoms with Crippen LogP contribution in [0.15, 0.2) is 54.6 Å². The highest BCUT2D eigenvalue weighted by molar-refractivity contribution is 5.79. The fourth-order valence-corrected chi connectivity index (χ4v) is 3.15. The predicted molar refractivity (Wildman–Crippen MR) is 104 cm³/mol. The smallest absolute Gasteiger partial charge is 0.224 e. The van der Waals surface area contributed by atoms with Gasteiger partial charge in [-0.05, 0) is 41.9 Å². The molecule has 0 fully saturated rings. The lowest BCUT2D eigenvalue weighted by Gasteiger charge is -2.24. The molecule has 2 rings (SSSR count). The van der Waals surface area contributed by atoms with Crippen molar-refractivity contribution < 1.29 is 4.79 Å². The minimum Gasteiger partial charge on any atom is -0.352 e. The monoisotopic (exact) mass is 336 g/mol. The lowest BCUT2D eigenvalue weighted by atomic mass is 9.81. The third kappa shape index (κ3) is 6.92. The summed E-state index contributed by atoms with van der Waals surface area (Å²) in [6.07, 6.45) is 2.14. The molecule has 0 radical (unpaired) electrons. The number of carbonyl (C=O) groups is 1. The van der Waals surface area contributed by atoms with Gasteiger partial charge in [-0.25, -0.2) is 0 Å². The fraction of sp³-hybridized carbons (Fsp3) is 0.364. The lowest BCUT2D eigenvalue weighted by molar-refractivity contribution is -0.120. The highest BCUT2D eigenvalue weighted by Crippen LogP contribution is 2.26. The van der Waals surface area contributed by atoms with Gasteiger partial charge < -0.3 is 10.7 Å². The summed E-state index contributed by atoms with van der Waals surface area (Å²) in [6.45, 7) is 6.81. The number of nitrogens with one attached hydrogen (secondary N) is 2. The summed E-state index contributed by atoms with van der Waals surface area (Å²) < 4.78 is 0. The van der Waals surface area contributed by atoms with Gasteiger partial charge in [-0.2, -0.15) is 0 Å². The van der Waals surface area contributed by atoms with Crippen LogP contribution in [0.25, 0.3) is 0 Å². The molecule has 3 nitrogen and oxygen atoms in total. The summed E-state index contributed by atoms with van der Waals surface area (Å²) in [6, 6.07) is 18.2. The Bertz CT molecular complexity index is 703. The van der Waals surface area contributed by atoms with Crippen molar-refractivity contribution in [1.82, 2.24) is 5.32 Å². The summed E-state index contributed by atoms with van der Waals surface area (Å²) in [4.78, 5) is 12.1. The van der Waals surface area contributed by atoms with Gasteiger partial charge in [0.15, 0.2) is 0 Å². The first kappa shape index (κ1) is 18.9. The molecule has 25 heavy (non-hydrogen) atoms. The molecule has 0 aliphatic heterocycles. The molecule has 0 unspecified atom stereocenters. The van der Waals surface area contributed by atoms with Crippen LogP contribution in [0.3, 0.4) is 0 Å². The van der Waals surface area contributed by atoms with Crippen molar-refractivity contribution in [2.75, 3.05) is 0 Å². The van der Waals surface area contributed by atoms with E-state index in [0.717, 1.165) is 29.7 Å². The Morgan fingerprint density at radius 3 is 2.16 bits per heavy atom. The number of carbonyl (C=O) groups excluding carboxylic acids is 1. The lowest BCUT2D eigenvalue weighted by Crippen LogP contribution is -2.24. The Hall–Kier alpha value is -2.42. The second-order valence-corrected chi connectivity index (χ2v) is 7.55. The number of amides is 1. The molecule has 2 N–H and O–H groups in total. The summed E-state index contributed by atoms with van der Waals surface area (Å²) in [7, 11) is 0. The third-order valence-corrected chi connectivity index (χ3v) is 4.15. The van der Waals surface area contributed by atoms with Crippen LogP contribution in [0.4, 0.5) is 0 Å². The van der Waals surface area contributed by atoms with Crippen LogP contribution in [0, 0.1) is 10.8 Å². The highest BCUT2D eigenvalue weighted by atomic mass is 16.1. The Morgan fingerprint density at radius 1 is 0.960 bits per heavy atom. The summed E-state index contributed by atoms with van der Waals surface area (Å²) in [5.41, 5.74) is 4.18. The molecule has 0 aromatic heterocycles. The van der Waals surface area contributed by atoms with E-state index < -0.39 is 0 Å². The van der Waals surface area contributed by atoms with E-state index in [4.69, 9.17) is 5.41 Å². The molecule has 0 saturated carbocycles. The van der Waals surface area contributed by atoms with Crippen LogP contribution >= 0.6 is 0 Å². The maximum Gasteiger partial charge on any atom is 0.224 e. The average Bonchev–Trinajstić information content (AvgIpc) is 2.54. The van der Waals surface area contributed by atoms with Crippen molar-refractivity contribution in [1.29, 1.82) is 5.41 Å². The van der Waals surface area contributed by atoms with Crippen LogP contribution in [0.1, 0.15) is 43.9 Å². The second-order valence-electron chi connectivity index (χ2n) is 7.55. The van der Waals surface area contributed by atoms with E-state index in [1.54, 1.807) is 0 Å². The Labute approximate surface area is 151 Å². The van der Waals surface area contributed by atoms with Crippen LogP contribution in [-0.2, 0) is 24.2 Å². The molecule has 132 valence electrons. The first-order valence-electron chi connectivity index (χ1n) is 8.76. The van der Waals surface area contributed by atoms with Crippen LogP contribution in [0.2, 0.25) is 0 Å². The van der Waals surface area contributed by atoms with Gasteiger partial charge in [-0.15, -0.1) is 0 Å². The molecule has 0 heterocycles. The molecule has 0 bridgehead atoms. The van der Waals surface area contributed by atoms with E-state index in [0.29, 0.717) is 13.0 Å². The average molecular weight is 336 g/mol. The summed E-state index contributed by atoms with van der Waals surface area (Å²) in [5.74, 6) is 0.0383. The molecule has 0 atom stereocenters. The number of benzene rings is 2. The molecule has 2 aromatic carbocycles. The van der Waals surface area contributed by atoms with Gasteiger partial charge >= 0.3 is 0 Å². The Kier molecular flexibility index (Phi) is 6.51. The molecular weight excluding hydrogens is 308 g/mol. The largest absolute Gasteiger partial charge is 0.352 e. The predicted octanol–water partition coefficient (Wildman–Crippen LogP) is 4.54. The number of hydrogen-bond donors (Lipinski definition) is 2. The van der Waals surface area contributed by atoms with Crippen molar-refractivity contribution >= 4 is 11.6 Å². The van der Waals surface area contributed by atoms with Gasteiger partial charge in [0.1, 0.15) is 0 Å². The standard InChI is InChI=1S/C22H28N2O/c1-17(23)14-22(2,3)15-19-11-9-18(10-12-19)13-21(25)24-16-20-7-5-4-6-8-20/h4-12,23H,13-16H2,1-3H3,(H,24,25). The molecular formula is C22H28N2O. The first-order chi connectivity index (χ1) is 11.8. The minimum atomic E-state index is 0.0383. The van der Waals surface area contributed by atoms with Crippen molar-refractivity contribution in [2.24, 2.45) is 5.41 Å². The Morgan fingerprint density at radius 2 is 1.56 bits per heavy atom. The number of rotatable bonds is 8. The molecule has 0 aliphatic rings. The molecule has 3 heteroatoms. The van der Waals surface area contributed by atoms with Gasteiger partial charge in [0.2, 0.25) is 5.91 Å². The highest BCUT2D eigenvalue weighted by Gasteiger charge is 2.19. The molecule has 0 aliphatic carbocycles. The molecule has 2 aromatic rings. The van der Waals surface area contributed by atoms with Crippen LogP contribution in [-0.4, -0.2) is 11.6 Å². The van der Waals surface area contributed by atoms with Gasteiger partial charge in [0.05, 0.1) is 6.42 Å². The SMILES string of the molecule is CC(=N)CC(C)(C)Cc1ccc(CC(=O)NCc2ccccc2)cc1. The zero-order valence-electron chi connectivity index (χ0n) is 15.4.